The van der Waals surface area contributed by atoms with Crippen LogP contribution in [0.15, 0.2) is 70.3 Å². The van der Waals surface area contributed by atoms with Crippen LogP contribution in [0.25, 0.3) is 0 Å². The Bertz CT molecular complexity index is 1570. The molecule has 2 atom stereocenters. The quantitative estimate of drug-likeness (QED) is 0.278. The Morgan fingerprint density at radius 2 is 1.50 bits per heavy atom. The number of rotatable bonds is 4. The zero-order valence-corrected chi connectivity index (χ0v) is 25.5. The van der Waals surface area contributed by atoms with E-state index in [1.807, 2.05) is 0 Å². The van der Waals surface area contributed by atoms with E-state index in [-0.39, 0.29) is 81.6 Å². The summed E-state index contributed by atoms with van der Waals surface area (Å²) in [5, 5.41) is 2.68. The van der Waals surface area contributed by atoms with Crippen molar-refractivity contribution in [2.24, 2.45) is 11.7 Å². The molecule has 0 saturated carbocycles. The summed E-state index contributed by atoms with van der Waals surface area (Å²) >= 11 is 0. The first-order valence-corrected chi connectivity index (χ1v) is 12.7. The molecule has 0 saturated heterocycles. The fraction of sp³-hybridized carbons (Fsp3) is 0.182. The van der Waals surface area contributed by atoms with Crippen molar-refractivity contribution in [2.75, 3.05) is 5.32 Å². The molecule has 2 aromatic rings. The van der Waals surface area contributed by atoms with E-state index in [1.165, 1.54) is 43.3 Å². The second-order valence-corrected chi connectivity index (χ2v) is 11.1. The molecular weight excluding hydrogens is 530 g/mol. The number of benzene rings is 2. The molecule has 0 heterocycles. The number of ketones is 2. The molecule has 0 amide bonds. The monoisotopic (exact) mass is 548 g/mol. The Morgan fingerprint density at radius 3 is 2.03 bits per heavy atom. The van der Waals surface area contributed by atoms with Crippen LogP contribution in [0.3, 0.4) is 0 Å². The number of anilines is 1. The van der Waals surface area contributed by atoms with Crippen LogP contribution in [0, 0.1) is 12.8 Å². The molecule has 3 N–H and O–H groups in total. The number of fused-ring (bicyclic) bond motifs is 1. The zero-order valence-electron chi connectivity index (χ0n) is 19.9. The van der Waals surface area contributed by atoms with Crippen molar-refractivity contribution >= 4 is 37.5 Å². The molecule has 0 fully saturated rings. The summed E-state index contributed by atoms with van der Waals surface area (Å²) in [6.07, 6.45) is 1.16. The molecule has 10 nitrogen and oxygen atoms in total. The van der Waals surface area contributed by atoms with Crippen LogP contribution in [-0.4, -0.2) is 42.4 Å². The van der Waals surface area contributed by atoms with Crippen molar-refractivity contribution in [3.05, 3.63) is 82.1 Å². The van der Waals surface area contributed by atoms with Crippen molar-refractivity contribution < 1.29 is 94.6 Å². The van der Waals surface area contributed by atoms with Gasteiger partial charge in [0, 0.05) is 28.3 Å². The van der Waals surface area contributed by atoms with Crippen molar-refractivity contribution in [3.8, 4) is 0 Å². The normalized spacial score (nSPS) is 21.5. The second-order valence-electron chi connectivity index (χ2n) is 8.15. The van der Waals surface area contributed by atoms with Crippen LogP contribution in [-0.2, 0) is 20.2 Å². The molecule has 0 aliphatic heterocycles. The van der Waals surface area contributed by atoms with E-state index in [2.05, 4.69) is 5.32 Å². The van der Waals surface area contributed by atoms with Crippen LogP contribution in [0.5, 0.6) is 0 Å². The van der Waals surface area contributed by atoms with E-state index in [9.17, 15) is 35.5 Å². The molecule has 2 aliphatic rings. The van der Waals surface area contributed by atoms with Gasteiger partial charge in [0.05, 0.1) is 16.2 Å². The maximum Gasteiger partial charge on any atom is 1.00 e. The van der Waals surface area contributed by atoms with Gasteiger partial charge in [0.2, 0.25) is 0 Å². The average Bonchev–Trinajstić information content (AvgIpc) is 2.74. The fourth-order valence-electron chi connectivity index (χ4n) is 4.23. The first-order valence-electron chi connectivity index (χ1n) is 9.91. The minimum Gasteiger partial charge on any atom is -0.746 e. The van der Waals surface area contributed by atoms with Gasteiger partial charge >= 0.3 is 59.1 Å². The Hall–Kier alpha value is -1.16. The number of carbonyl (C=O) groups is 2. The van der Waals surface area contributed by atoms with Gasteiger partial charge in [-0.15, -0.1) is 0 Å². The van der Waals surface area contributed by atoms with Crippen LogP contribution >= 0.6 is 0 Å². The topological polar surface area (TPSA) is 187 Å². The summed E-state index contributed by atoms with van der Waals surface area (Å²) < 4.78 is 72.3. The largest absolute Gasteiger partial charge is 1.00 e. The predicted molar refractivity (Wildman–Crippen MR) is 119 cm³/mol. The molecule has 36 heavy (non-hydrogen) atoms. The smallest absolute Gasteiger partial charge is 0.746 e. The van der Waals surface area contributed by atoms with Crippen LogP contribution in [0.1, 0.15) is 33.2 Å². The maximum atomic E-state index is 13.4. The van der Waals surface area contributed by atoms with Gasteiger partial charge in [-0.2, -0.15) is 0 Å². The van der Waals surface area contributed by atoms with Crippen LogP contribution in [0.4, 0.5) is 5.69 Å². The Morgan fingerprint density at radius 1 is 0.944 bits per heavy atom. The standard InChI is InChI=1S/C22H20N2O8S2.2Na/c1-11-7-8-15(17(9-11)33(27,28)29)24-16-10-12(2)22(23,34(30,31)32)19-18(16)20(25)13-5-3-4-6-14(13)21(19)26;;/h3-10,12,24H,23H2,1-2H3,(H,27,28,29)(H,30,31,32);;/q;2*+1/p-2. The van der Waals surface area contributed by atoms with E-state index in [0.717, 1.165) is 12.1 Å². The molecule has 0 aromatic heterocycles. The van der Waals surface area contributed by atoms with Gasteiger partial charge in [-0.25, -0.2) is 16.8 Å². The zero-order chi connectivity index (χ0) is 25.2. The SMILES string of the molecule is Cc1ccc(NC2=CC(C)C(N)(S(=O)(=O)[O-])C3=C2C(=O)c2ccccc2C3=O)c(S(=O)(=O)[O-])c1.[Na+].[Na+]. The molecule has 4 rings (SSSR count). The summed E-state index contributed by atoms with van der Waals surface area (Å²) in [6, 6.07) is 9.58. The van der Waals surface area contributed by atoms with Crippen LogP contribution in [0.2, 0.25) is 0 Å². The second kappa shape index (κ2) is 10.5. The number of carbonyl (C=O) groups excluding carboxylic acids is 2. The third kappa shape index (κ3) is 4.97. The third-order valence-corrected chi connectivity index (χ3v) is 8.24. The summed E-state index contributed by atoms with van der Waals surface area (Å²) in [5.41, 5.74) is 4.87. The molecule has 14 heteroatoms. The Kier molecular flexibility index (Phi) is 9.09. The minimum absolute atomic E-state index is 0. The summed E-state index contributed by atoms with van der Waals surface area (Å²) in [6.45, 7) is 2.85. The molecule has 0 radical (unpaired) electrons. The molecule has 0 bridgehead atoms. The number of nitrogens with two attached hydrogens (primary N) is 1. The number of nitrogens with one attached hydrogen (secondary N) is 1. The number of hydrogen-bond donors (Lipinski definition) is 2. The number of allylic oxidation sites excluding steroid dienone is 1. The number of aryl methyl sites for hydroxylation is 1. The minimum atomic E-state index is -5.36. The van der Waals surface area contributed by atoms with Gasteiger partial charge in [-0.3, -0.25) is 9.59 Å². The first-order chi connectivity index (χ1) is 15.7. The van der Waals surface area contributed by atoms with Crippen molar-refractivity contribution in [1.29, 1.82) is 0 Å². The first kappa shape index (κ1) is 31.1. The summed E-state index contributed by atoms with van der Waals surface area (Å²) in [7, 11) is -10.3. The number of Topliss-reactive ketones (excluding diaryl/α,β-unsaturated/α-hetero) is 2. The van der Waals surface area contributed by atoms with Gasteiger partial charge in [0.1, 0.15) is 25.1 Å². The van der Waals surface area contributed by atoms with E-state index >= 15 is 0 Å². The molecular formula is C22H18N2Na2O8S2. The van der Waals surface area contributed by atoms with Crippen molar-refractivity contribution in [3.63, 3.8) is 0 Å². The predicted octanol–water partition coefficient (Wildman–Crippen LogP) is -4.57. The van der Waals surface area contributed by atoms with Crippen LogP contribution < -0.4 is 70.2 Å². The fourth-order valence-corrected chi connectivity index (χ4v) is 5.92. The Balaban J connectivity index is 0.00000228. The molecule has 2 unspecified atom stereocenters. The molecule has 178 valence electrons. The van der Waals surface area contributed by atoms with Gasteiger partial charge in [-0.1, -0.05) is 43.3 Å². The van der Waals surface area contributed by atoms with E-state index in [1.54, 1.807) is 6.92 Å². The van der Waals surface area contributed by atoms with Crippen molar-refractivity contribution in [1.82, 2.24) is 0 Å². The van der Waals surface area contributed by atoms with Gasteiger partial charge in [0.25, 0.3) is 0 Å². The van der Waals surface area contributed by atoms with Gasteiger partial charge in [0.15, 0.2) is 11.6 Å². The van der Waals surface area contributed by atoms with Crippen molar-refractivity contribution in [2.45, 2.75) is 23.6 Å². The summed E-state index contributed by atoms with van der Waals surface area (Å²) in [4.78, 5) is 23.4. The molecule has 2 aromatic carbocycles. The van der Waals surface area contributed by atoms with E-state index < -0.39 is 58.6 Å². The maximum absolute atomic E-state index is 13.4. The van der Waals surface area contributed by atoms with Gasteiger partial charge < -0.3 is 20.2 Å². The Labute approximate surface area is 252 Å². The molecule has 0 spiro atoms. The average molecular weight is 549 g/mol. The van der Waals surface area contributed by atoms with E-state index in [0.29, 0.717) is 5.56 Å². The number of hydrogen-bond acceptors (Lipinski definition) is 10. The summed E-state index contributed by atoms with van der Waals surface area (Å²) in [5.74, 6) is -2.99. The van der Waals surface area contributed by atoms with E-state index in [4.69, 9.17) is 5.73 Å². The third-order valence-electron chi connectivity index (χ3n) is 5.96. The van der Waals surface area contributed by atoms with Gasteiger partial charge in [-0.05, 0) is 24.6 Å². The molecule has 2 aliphatic carbocycles.